The normalized spacial score (nSPS) is 10.5. The highest BCUT2D eigenvalue weighted by molar-refractivity contribution is 5.94. The Kier molecular flexibility index (Phi) is 3.53. The first-order valence-electron chi connectivity index (χ1n) is 6.58. The van der Waals surface area contributed by atoms with Crippen LogP contribution in [0.4, 0.5) is 0 Å². The number of pyridine rings is 1. The molecule has 7 nitrogen and oxygen atoms in total. The van der Waals surface area contributed by atoms with Crippen molar-refractivity contribution in [3.05, 3.63) is 74.6 Å². The van der Waals surface area contributed by atoms with Crippen LogP contribution in [0.15, 0.2) is 52.2 Å². The molecule has 0 radical (unpaired) electrons. The summed E-state index contributed by atoms with van der Waals surface area (Å²) in [6, 6.07) is 9.76. The van der Waals surface area contributed by atoms with Gasteiger partial charge in [-0.1, -0.05) is 18.2 Å². The predicted molar refractivity (Wildman–Crippen MR) is 80.6 cm³/mol. The van der Waals surface area contributed by atoms with E-state index in [2.05, 4.69) is 20.5 Å². The molecule has 7 heteroatoms. The Morgan fingerprint density at radius 1 is 1.09 bits per heavy atom. The molecule has 0 unspecified atom stereocenters. The fraction of sp³-hybridized carbons (Fsp3) is 0.0667. The number of amides is 1. The number of hydrogen-bond acceptors (Lipinski definition) is 4. The molecule has 1 amide bonds. The molecule has 0 saturated carbocycles. The quantitative estimate of drug-likeness (QED) is 0.655. The van der Waals surface area contributed by atoms with Crippen molar-refractivity contribution in [2.75, 3.05) is 0 Å². The van der Waals surface area contributed by atoms with Crippen LogP contribution in [0.5, 0.6) is 0 Å². The minimum atomic E-state index is -0.340. The number of hydrogen-bond donors (Lipinski definition) is 3. The summed E-state index contributed by atoms with van der Waals surface area (Å²) in [6.45, 7) is 0.162. The van der Waals surface area contributed by atoms with Crippen molar-refractivity contribution in [3.63, 3.8) is 0 Å². The summed E-state index contributed by atoms with van der Waals surface area (Å²) < 4.78 is 0. The molecule has 0 saturated heterocycles. The average molecular weight is 296 g/mol. The summed E-state index contributed by atoms with van der Waals surface area (Å²) in [5.41, 5.74) is 0.359. The number of aromatic amines is 2. The molecule has 0 aliphatic rings. The molecule has 0 fully saturated rings. The second-order valence-corrected chi connectivity index (χ2v) is 4.67. The lowest BCUT2D eigenvalue weighted by Crippen LogP contribution is -2.25. The predicted octanol–water partition coefficient (Wildman–Crippen LogP) is 0.541. The highest BCUT2D eigenvalue weighted by atomic mass is 16.2. The van der Waals surface area contributed by atoms with Gasteiger partial charge >= 0.3 is 0 Å². The molecule has 0 spiro atoms. The van der Waals surface area contributed by atoms with E-state index in [4.69, 9.17) is 0 Å². The molecular formula is C15H12N4O3. The monoisotopic (exact) mass is 296 g/mol. The zero-order chi connectivity index (χ0) is 15.5. The topological polar surface area (TPSA) is 108 Å². The van der Waals surface area contributed by atoms with E-state index in [-0.39, 0.29) is 23.6 Å². The molecule has 0 aliphatic carbocycles. The van der Waals surface area contributed by atoms with E-state index in [1.54, 1.807) is 24.3 Å². The van der Waals surface area contributed by atoms with Gasteiger partial charge in [-0.25, -0.2) is 5.10 Å². The van der Waals surface area contributed by atoms with Gasteiger partial charge in [-0.15, -0.1) is 0 Å². The van der Waals surface area contributed by atoms with Crippen LogP contribution in [-0.2, 0) is 6.54 Å². The molecule has 110 valence electrons. The number of H-pyrrole nitrogens is 2. The number of aromatic nitrogens is 3. The van der Waals surface area contributed by atoms with Crippen molar-refractivity contribution in [1.29, 1.82) is 0 Å². The lowest BCUT2D eigenvalue weighted by atomic mass is 10.1. The molecule has 0 bridgehead atoms. The molecule has 22 heavy (non-hydrogen) atoms. The summed E-state index contributed by atoms with van der Waals surface area (Å²) in [5.74, 6) is -0.340. The first-order valence-corrected chi connectivity index (χ1v) is 6.58. The number of carbonyl (C=O) groups is 1. The summed E-state index contributed by atoms with van der Waals surface area (Å²) in [7, 11) is 0. The maximum atomic E-state index is 12.0. The summed E-state index contributed by atoms with van der Waals surface area (Å²) in [4.78, 5) is 37.1. The first-order chi connectivity index (χ1) is 10.6. The molecule has 0 atom stereocenters. The third kappa shape index (κ3) is 2.64. The summed E-state index contributed by atoms with van der Waals surface area (Å²) in [6.07, 6.45) is 1.34. The van der Waals surface area contributed by atoms with Crippen LogP contribution in [-0.4, -0.2) is 21.1 Å². The van der Waals surface area contributed by atoms with Gasteiger partial charge in [-0.05, 0) is 12.1 Å². The zero-order valence-electron chi connectivity index (χ0n) is 11.4. The molecule has 2 aromatic heterocycles. The van der Waals surface area contributed by atoms with Gasteiger partial charge in [0.15, 0.2) is 0 Å². The van der Waals surface area contributed by atoms with Crippen molar-refractivity contribution in [2.24, 2.45) is 0 Å². The van der Waals surface area contributed by atoms with Gasteiger partial charge < -0.3 is 10.3 Å². The molecule has 3 N–H and O–H groups in total. The van der Waals surface area contributed by atoms with Gasteiger partial charge in [0.2, 0.25) is 5.56 Å². The van der Waals surface area contributed by atoms with Crippen LogP contribution in [0.25, 0.3) is 10.8 Å². The fourth-order valence-corrected chi connectivity index (χ4v) is 2.12. The number of fused-ring (bicyclic) bond motifs is 1. The van der Waals surface area contributed by atoms with Gasteiger partial charge in [-0.2, -0.15) is 5.10 Å². The number of nitrogens with zero attached hydrogens (tertiary/aromatic N) is 1. The van der Waals surface area contributed by atoms with E-state index < -0.39 is 0 Å². The van der Waals surface area contributed by atoms with Crippen LogP contribution < -0.4 is 16.4 Å². The maximum absolute atomic E-state index is 12.0. The fourth-order valence-electron chi connectivity index (χ4n) is 2.12. The van der Waals surface area contributed by atoms with E-state index in [1.807, 2.05) is 0 Å². The van der Waals surface area contributed by atoms with E-state index >= 15 is 0 Å². The Hall–Kier alpha value is -3.22. The Bertz CT molecular complexity index is 938. The maximum Gasteiger partial charge on any atom is 0.272 e. The molecule has 3 aromatic rings. The summed E-state index contributed by atoms with van der Waals surface area (Å²) in [5, 5.41) is 10.3. The van der Waals surface area contributed by atoms with Gasteiger partial charge in [0.1, 0.15) is 0 Å². The van der Waals surface area contributed by atoms with Crippen LogP contribution in [0.3, 0.4) is 0 Å². The smallest absolute Gasteiger partial charge is 0.272 e. The van der Waals surface area contributed by atoms with E-state index in [9.17, 15) is 14.4 Å². The standard InChI is InChI=1S/C15H12N4O3/c20-13-6-5-9(7-16-13)14(21)17-8-12-10-3-1-2-4-11(10)15(22)19-18-12/h1-7H,8H2,(H,16,20)(H,17,21)(H,19,22). The lowest BCUT2D eigenvalue weighted by molar-refractivity contribution is 0.0950. The van der Waals surface area contributed by atoms with Crippen molar-refractivity contribution in [2.45, 2.75) is 6.54 Å². The summed E-state index contributed by atoms with van der Waals surface area (Å²) >= 11 is 0. The van der Waals surface area contributed by atoms with E-state index in [0.717, 1.165) is 0 Å². The molecule has 2 heterocycles. The average Bonchev–Trinajstić information content (AvgIpc) is 2.55. The minimum Gasteiger partial charge on any atom is -0.346 e. The highest BCUT2D eigenvalue weighted by Crippen LogP contribution is 2.12. The Labute approximate surface area is 124 Å². The molecule has 1 aromatic carbocycles. The van der Waals surface area contributed by atoms with E-state index in [1.165, 1.54) is 18.3 Å². The lowest BCUT2D eigenvalue weighted by Gasteiger charge is -2.07. The highest BCUT2D eigenvalue weighted by Gasteiger charge is 2.09. The van der Waals surface area contributed by atoms with Crippen LogP contribution in [0.1, 0.15) is 16.1 Å². The van der Waals surface area contributed by atoms with Crippen molar-refractivity contribution >= 4 is 16.7 Å². The van der Waals surface area contributed by atoms with Crippen LogP contribution in [0.2, 0.25) is 0 Å². The largest absolute Gasteiger partial charge is 0.346 e. The Balaban J connectivity index is 1.84. The second-order valence-electron chi connectivity index (χ2n) is 4.67. The first kappa shape index (κ1) is 13.7. The van der Waals surface area contributed by atoms with Crippen LogP contribution in [0, 0.1) is 0 Å². The van der Waals surface area contributed by atoms with Gasteiger partial charge in [0, 0.05) is 17.6 Å². The Morgan fingerprint density at radius 2 is 1.86 bits per heavy atom. The van der Waals surface area contributed by atoms with Gasteiger partial charge in [-0.3, -0.25) is 14.4 Å². The number of carbonyl (C=O) groups excluding carboxylic acids is 1. The zero-order valence-corrected chi connectivity index (χ0v) is 11.4. The van der Waals surface area contributed by atoms with Crippen molar-refractivity contribution in [1.82, 2.24) is 20.5 Å². The Morgan fingerprint density at radius 3 is 2.59 bits per heavy atom. The number of benzene rings is 1. The van der Waals surface area contributed by atoms with Gasteiger partial charge in [0.25, 0.3) is 11.5 Å². The molecule has 0 aliphatic heterocycles. The third-order valence-corrected chi connectivity index (χ3v) is 3.24. The second kappa shape index (κ2) is 5.65. The molecular weight excluding hydrogens is 284 g/mol. The van der Waals surface area contributed by atoms with Crippen molar-refractivity contribution < 1.29 is 4.79 Å². The van der Waals surface area contributed by atoms with Gasteiger partial charge in [0.05, 0.1) is 23.2 Å². The van der Waals surface area contributed by atoms with Crippen molar-refractivity contribution in [3.8, 4) is 0 Å². The minimum absolute atomic E-state index is 0.162. The molecule has 3 rings (SSSR count). The van der Waals surface area contributed by atoms with Crippen LogP contribution >= 0.6 is 0 Å². The SMILES string of the molecule is O=C(NCc1n[nH]c(=O)c2ccccc12)c1ccc(=O)[nH]c1. The van der Waals surface area contributed by atoms with E-state index in [0.29, 0.717) is 22.0 Å². The number of nitrogens with one attached hydrogen (secondary N) is 3. The third-order valence-electron chi connectivity index (χ3n) is 3.24. The number of rotatable bonds is 3.